The number of benzene rings is 2. The van der Waals surface area contributed by atoms with Gasteiger partial charge in [0.2, 0.25) is 0 Å². The number of hydrazine groups is 1. The molecule has 3 aromatic rings. The van der Waals surface area contributed by atoms with Crippen molar-refractivity contribution in [3.8, 4) is 16.9 Å². The Hall–Kier alpha value is -3.53. The van der Waals surface area contributed by atoms with Gasteiger partial charge in [0.05, 0.1) is 12.1 Å². The number of ether oxygens (including phenoxy) is 1. The highest BCUT2D eigenvalue weighted by molar-refractivity contribution is 6.00. The number of carbonyl (C=O) groups is 1. The van der Waals surface area contributed by atoms with Gasteiger partial charge in [-0.25, -0.2) is 10.8 Å². The molecule has 0 atom stereocenters. The molecule has 0 saturated carbocycles. The van der Waals surface area contributed by atoms with Gasteiger partial charge < -0.3 is 15.5 Å². The first-order valence-corrected chi connectivity index (χ1v) is 8.03. The normalized spacial score (nSPS) is 11.3. The molecule has 0 aliphatic heterocycles. The highest BCUT2D eigenvalue weighted by atomic mass is 19.4. The molecular formula is C18H16F3N5O2. The summed E-state index contributed by atoms with van der Waals surface area (Å²) in [4.78, 5) is 19.5. The van der Waals surface area contributed by atoms with E-state index >= 15 is 0 Å². The minimum Gasteiger partial charge on any atom is -0.406 e. The van der Waals surface area contributed by atoms with Crippen LogP contribution in [0, 0.1) is 0 Å². The molecule has 0 aliphatic rings. The lowest BCUT2D eigenvalue weighted by atomic mass is 10.0. The van der Waals surface area contributed by atoms with E-state index < -0.39 is 12.3 Å². The minimum atomic E-state index is -4.76. The first-order chi connectivity index (χ1) is 13.2. The quantitative estimate of drug-likeness (QED) is 0.268. The van der Waals surface area contributed by atoms with Gasteiger partial charge in [0.15, 0.2) is 0 Å². The fraction of sp³-hybridized carbons (Fsp3) is 0.111. The summed E-state index contributed by atoms with van der Waals surface area (Å²) >= 11 is 0. The van der Waals surface area contributed by atoms with Crippen LogP contribution < -0.4 is 16.3 Å². The molecule has 0 bridgehead atoms. The third-order valence-corrected chi connectivity index (χ3v) is 3.84. The Labute approximate surface area is 157 Å². The van der Waals surface area contributed by atoms with Gasteiger partial charge in [-0.15, -0.1) is 13.2 Å². The van der Waals surface area contributed by atoms with Crippen molar-refractivity contribution in [1.29, 1.82) is 0 Å². The third kappa shape index (κ3) is 4.60. The number of alkyl halides is 3. The van der Waals surface area contributed by atoms with Crippen molar-refractivity contribution in [2.45, 2.75) is 12.9 Å². The van der Waals surface area contributed by atoms with Crippen molar-refractivity contribution in [3.63, 3.8) is 0 Å². The second-order valence-electron chi connectivity index (χ2n) is 5.84. The molecular weight excluding hydrogens is 375 g/mol. The number of nitrogens with one attached hydrogen (secondary N) is 1. The van der Waals surface area contributed by atoms with E-state index in [2.05, 4.69) is 14.7 Å². The number of nitrogens with zero attached hydrogens (tertiary/aromatic N) is 2. The average molecular weight is 391 g/mol. The summed E-state index contributed by atoms with van der Waals surface area (Å²) in [5, 5.41) is 0.967. The average Bonchev–Trinajstić information content (AvgIpc) is 3.14. The Kier molecular flexibility index (Phi) is 5.23. The Morgan fingerprint density at radius 3 is 2.43 bits per heavy atom. The van der Waals surface area contributed by atoms with Crippen LogP contribution >= 0.6 is 0 Å². The number of nitrogens with two attached hydrogens (primary N) is 2. The van der Waals surface area contributed by atoms with E-state index in [4.69, 9.17) is 11.6 Å². The molecule has 10 heteroatoms. The maximum Gasteiger partial charge on any atom is 0.573 e. The lowest BCUT2D eigenvalue weighted by Gasteiger charge is -2.17. The van der Waals surface area contributed by atoms with Crippen molar-refractivity contribution in [2.75, 3.05) is 5.73 Å². The minimum absolute atomic E-state index is 0.0545. The molecule has 1 amide bonds. The topological polar surface area (TPSA) is 110 Å². The van der Waals surface area contributed by atoms with Crippen molar-refractivity contribution < 1.29 is 22.7 Å². The van der Waals surface area contributed by atoms with E-state index in [1.54, 1.807) is 12.3 Å². The van der Waals surface area contributed by atoms with Gasteiger partial charge in [-0.3, -0.25) is 9.80 Å². The van der Waals surface area contributed by atoms with E-state index in [1.807, 2.05) is 0 Å². The van der Waals surface area contributed by atoms with E-state index in [1.165, 1.54) is 42.6 Å². The zero-order chi connectivity index (χ0) is 20.3. The van der Waals surface area contributed by atoms with Gasteiger partial charge in [-0.05, 0) is 35.4 Å². The first kappa shape index (κ1) is 19.2. The highest BCUT2D eigenvalue weighted by Gasteiger charge is 2.31. The Morgan fingerprint density at radius 1 is 1.14 bits per heavy atom. The molecule has 2 aromatic carbocycles. The van der Waals surface area contributed by atoms with Gasteiger partial charge in [-0.2, -0.15) is 0 Å². The van der Waals surface area contributed by atoms with Gasteiger partial charge in [0.1, 0.15) is 11.6 Å². The number of hydrogen-bond acceptors (Lipinski definition) is 5. The monoisotopic (exact) mass is 391 g/mol. The zero-order valence-corrected chi connectivity index (χ0v) is 14.4. The molecule has 1 heterocycles. The molecule has 0 unspecified atom stereocenters. The molecule has 0 aliphatic carbocycles. The molecule has 5 N–H and O–H groups in total. The number of aromatic nitrogens is 2. The number of carbonyl (C=O) groups excluding carboxylic acids is 1. The lowest BCUT2D eigenvalue weighted by Crippen LogP contribution is -2.37. The highest BCUT2D eigenvalue weighted by Crippen LogP contribution is 2.28. The van der Waals surface area contributed by atoms with Crippen LogP contribution in [0.5, 0.6) is 5.75 Å². The molecule has 28 heavy (non-hydrogen) atoms. The summed E-state index contributed by atoms with van der Waals surface area (Å²) in [6, 6.07) is 9.98. The fourth-order valence-corrected chi connectivity index (χ4v) is 2.54. The van der Waals surface area contributed by atoms with Crippen LogP contribution in [0.1, 0.15) is 16.2 Å². The van der Waals surface area contributed by atoms with E-state index in [0.29, 0.717) is 17.0 Å². The number of anilines is 1. The van der Waals surface area contributed by atoms with Crippen LogP contribution in [-0.4, -0.2) is 27.2 Å². The van der Waals surface area contributed by atoms with Crippen molar-refractivity contribution in [2.24, 2.45) is 5.84 Å². The number of aromatic amines is 1. The van der Waals surface area contributed by atoms with E-state index in [9.17, 15) is 18.0 Å². The number of imidazole rings is 1. The standard InChI is InChI=1S/C18H16F3N5O2/c19-18(20,21)28-13-4-1-11(2-5-13)12-3-6-15(22)14(9-12)17(27)26(23)10-16-24-7-8-25-16/h1-9H,10,22-23H2,(H,24,25). The summed E-state index contributed by atoms with van der Waals surface area (Å²) in [6.07, 6.45) is -1.62. The zero-order valence-electron chi connectivity index (χ0n) is 14.4. The molecule has 0 saturated heterocycles. The number of nitrogen functional groups attached to an aromatic ring is 1. The van der Waals surface area contributed by atoms with Crippen LogP contribution in [0.25, 0.3) is 11.1 Å². The van der Waals surface area contributed by atoms with Gasteiger partial charge >= 0.3 is 6.36 Å². The van der Waals surface area contributed by atoms with Crippen molar-refractivity contribution >= 4 is 11.6 Å². The van der Waals surface area contributed by atoms with Crippen LogP contribution in [-0.2, 0) is 6.54 Å². The maximum atomic E-state index is 12.6. The van der Waals surface area contributed by atoms with Gasteiger partial charge in [-0.1, -0.05) is 18.2 Å². The summed E-state index contributed by atoms with van der Waals surface area (Å²) in [6.45, 7) is 0.0545. The SMILES string of the molecule is Nc1ccc(-c2ccc(OC(F)(F)F)cc2)cc1C(=O)N(N)Cc1ncc[nH]1. The van der Waals surface area contributed by atoms with Gasteiger partial charge in [0, 0.05) is 18.1 Å². The van der Waals surface area contributed by atoms with E-state index in [0.717, 1.165) is 5.01 Å². The molecule has 0 radical (unpaired) electrons. The largest absolute Gasteiger partial charge is 0.573 e. The summed E-state index contributed by atoms with van der Waals surface area (Å²) in [5.74, 6) is 5.47. The first-order valence-electron chi connectivity index (χ1n) is 8.03. The molecule has 3 rings (SSSR count). The van der Waals surface area contributed by atoms with Crippen LogP contribution in [0.15, 0.2) is 54.9 Å². The van der Waals surface area contributed by atoms with Crippen LogP contribution in [0.4, 0.5) is 18.9 Å². The number of hydrogen-bond donors (Lipinski definition) is 3. The molecule has 1 aromatic heterocycles. The smallest absolute Gasteiger partial charge is 0.406 e. The third-order valence-electron chi connectivity index (χ3n) is 3.84. The summed E-state index contributed by atoms with van der Waals surface area (Å²) in [7, 11) is 0. The summed E-state index contributed by atoms with van der Waals surface area (Å²) in [5.41, 5.74) is 7.46. The van der Waals surface area contributed by atoms with Crippen molar-refractivity contribution in [3.05, 3.63) is 66.2 Å². The molecule has 7 nitrogen and oxygen atoms in total. The molecule has 0 fully saturated rings. The second kappa shape index (κ2) is 7.61. The number of halogens is 3. The predicted octanol–water partition coefficient (Wildman–Crippen LogP) is 3.07. The molecule has 146 valence electrons. The maximum absolute atomic E-state index is 12.6. The number of rotatable bonds is 5. The van der Waals surface area contributed by atoms with Crippen LogP contribution in [0.3, 0.4) is 0 Å². The Bertz CT molecular complexity index is 956. The second-order valence-corrected chi connectivity index (χ2v) is 5.84. The summed E-state index contributed by atoms with van der Waals surface area (Å²) < 4.78 is 40.6. The van der Waals surface area contributed by atoms with Crippen molar-refractivity contribution in [1.82, 2.24) is 15.0 Å². The molecule has 0 spiro atoms. The Morgan fingerprint density at radius 2 is 1.82 bits per heavy atom. The van der Waals surface area contributed by atoms with Crippen LogP contribution in [0.2, 0.25) is 0 Å². The van der Waals surface area contributed by atoms with E-state index in [-0.39, 0.29) is 23.5 Å². The number of H-pyrrole nitrogens is 1. The Balaban J connectivity index is 1.82. The fourth-order valence-electron chi connectivity index (χ4n) is 2.54. The lowest BCUT2D eigenvalue weighted by molar-refractivity contribution is -0.274. The number of amides is 1. The predicted molar refractivity (Wildman–Crippen MR) is 95.6 cm³/mol. The van der Waals surface area contributed by atoms with Gasteiger partial charge in [0.25, 0.3) is 5.91 Å².